The summed E-state index contributed by atoms with van der Waals surface area (Å²) in [4.78, 5) is 33.0. The van der Waals surface area contributed by atoms with Crippen LogP contribution >= 0.6 is 0 Å². The molecule has 0 saturated heterocycles. The number of amides is 1. The third-order valence-electron chi connectivity index (χ3n) is 2.35. The zero-order valence-electron chi connectivity index (χ0n) is 10.6. The smallest absolute Gasteiger partial charge is 0.304 e. The second-order valence-electron chi connectivity index (χ2n) is 4.01. The highest BCUT2D eigenvalue weighted by atomic mass is 16.4. The van der Waals surface area contributed by atoms with Crippen molar-refractivity contribution in [1.82, 2.24) is 5.32 Å². The Hall–Kier alpha value is -2.21. The molecule has 3 N–H and O–H groups in total. The number of hydrogen-bond acceptors (Lipinski definition) is 4. The number of carbonyl (C=O) groups is 3. The molecule has 19 heavy (non-hydrogen) atoms. The van der Waals surface area contributed by atoms with E-state index >= 15 is 0 Å². The number of carboxylic acids is 1. The van der Waals surface area contributed by atoms with E-state index in [1.54, 1.807) is 24.3 Å². The summed E-state index contributed by atoms with van der Waals surface area (Å²) in [5, 5.41) is 13.8. The Bertz CT molecular complexity index is 485. The molecule has 1 rings (SSSR count). The van der Waals surface area contributed by atoms with E-state index < -0.39 is 5.97 Å². The first kappa shape index (κ1) is 14.8. The third kappa shape index (κ3) is 5.78. The van der Waals surface area contributed by atoms with E-state index in [4.69, 9.17) is 5.11 Å². The van der Waals surface area contributed by atoms with Crippen LogP contribution in [0.2, 0.25) is 0 Å². The van der Waals surface area contributed by atoms with Gasteiger partial charge in [0.15, 0.2) is 5.78 Å². The van der Waals surface area contributed by atoms with Crippen LogP contribution in [-0.2, 0) is 9.59 Å². The molecule has 1 aromatic rings. The van der Waals surface area contributed by atoms with Crippen molar-refractivity contribution in [1.29, 1.82) is 0 Å². The molecule has 0 aromatic heterocycles. The van der Waals surface area contributed by atoms with Crippen LogP contribution in [0.1, 0.15) is 23.7 Å². The number of aliphatic carboxylic acids is 1. The van der Waals surface area contributed by atoms with Crippen LogP contribution in [0.5, 0.6) is 0 Å². The van der Waals surface area contributed by atoms with Crippen molar-refractivity contribution in [3.8, 4) is 0 Å². The van der Waals surface area contributed by atoms with Crippen LogP contribution in [0.15, 0.2) is 24.3 Å². The maximum absolute atomic E-state index is 11.5. The van der Waals surface area contributed by atoms with E-state index in [9.17, 15) is 14.4 Å². The lowest BCUT2D eigenvalue weighted by molar-refractivity contribution is -0.137. The Kier molecular flexibility index (Phi) is 5.69. The van der Waals surface area contributed by atoms with E-state index in [0.717, 1.165) is 0 Å². The van der Waals surface area contributed by atoms with Crippen molar-refractivity contribution in [3.63, 3.8) is 0 Å². The molecule has 0 spiro atoms. The van der Waals surface area contributed by atoms with Gasteiger partial charge in [0.05, 0.1) is 13.0 Å². The number of anilines is 1. The zero-order chi connectivity index (χ0) is 14.3. The fourth-order valence-corrected chi connectivity index (χ4v) is 1.42. The summed E-state index contributed by atoms with van der Waals surface area (Å²) in [5.41, 5.74) is 1.06. The summed E-state index contributed by atoms with van der Waals surface area (Å²) < 4.78 is 0. The quantitative estimate of drug-likeness (QED) is 0.502. The maximum Gasteiger partial charge on any atom is 0.304 e. The number of carboxylic acid groups (broad SMARTS) is 1. The molecular formula is C13H16N2O4. The number of hydrogen-bond donors (Lipinski definition) is 3. The molecule has 6 nitrogen and oxygen atoms in total. The minimum absolute atomic E-state index is 0.0254. The van der Waals surface area contributed by atoms with Gasteiger partial charge in [-0.2, -0.15) is 0 Å². The highest BCUT2D eigenvalue weighted by Gasteiger charge is 2.05. The van der Waals surface area contributed by atoms with Crippen LogP contribution in [0.25, 0.3) is 0 Å². The summed E-state index contributed by atoms with van der Waals surface area (Å²) >= 11 is 0. The normalized spacial score (nSPS) is 9.95. The Morgan fingerprint density at radius 2 is 2.00 bits per heavy atom. The molecule has 1 amide bonds. The maximum atomic E-state index is 11.5. The van der Waals surface area contributed by atoms with Gasteiger partial charge in [0.25, 0.3) is 0 Å². The summed E-state index contributed by atoms with van der Waals surface area (Å²) in [6, 6.07) is 6.63. The van der Waals surface area contributed by atoms with Crippen molar-refractivity contribution in [2.75, 3.05) is 18.4 Å². The molecule has 6 heteroatoms. The van der Waals surface area contributed by atoms with Crippen LogP contribution in [-0.4, -0.2) is 35.9 Å². The molecule has 0 unspecified atom stereocenters. The number of rotatable bonds is 7. The third-order valence-corrected chi connectivity index (χ3v) is 2.35. The zero-order valence-corrected chi connectivity index (χ0v) is 10.6. The number of ketones is 1. The molecule has 0 aliphatic rings. The first-order valence-electron chi connectivity index (χ1n) is 5.82. The number of carbonyl (C=O) groups excluding carboxylic acids is 2. The molecular weight excluding hydrogens is 248 g/mol. The van der Waals surface area contributed by atoms with Gasteiger partial charge in [-0.3, -0.25) is 14.4 Å². The minimum atomic E-state index is -0.915. The molecule has 0 atom stereocenters. The molecule has 0 fully saturated rings. The number of nitrogens with one attached hydrogen (secondary N) is 2. The van der Waals surface area contributed by atoms with Crippen LogP contribution in [0.4, 0.5) is 5.69 Å². The summed E-state index contributed by atoms with van der Waals surface area (Å²) in [5.74, 6) is -1.27. The van der Waals surface area contributed by atoms with Crippen LogP contribution in [0, 0.1) is 0 Å². The van der Waals surface area contributed by atoms with Gasteiger partial charge in [0.1, 0.15) is 0 Å². The minimum Gasteiger partial charge on any atom is -0.481 e. The van der Waals surface area contributed by atoms with Gasteiger partial charge in [-0.05, 0) is 19.1 Å². The molecule has 0 aliphatic heterocycles. The van der Waals surface area contributed by atoms with E-state index in [1.807, 2.05) is 0 Å². The fraction of sp³-hybridized carbons (Fsp3) is 0.308. The van der Waals surface area contributed by atoms with Crippen LogP contribution < -0.4 is 10.6 Å². The lowest BCUT2D eigenvalue weighted by Gasteiger charge is -2.07. The summed E-state index contributed by atoms with van der Waals surface area (Å²) in [6.45, 7) is 1.71. The lowest BCUT2D eigenvalue weighted by Crippen LogP contribution is -2.29. The van der Waals surface area contributed by atoms with E-state index in [-0.39, 0.29) is 31.2 Å². The molecule has 0 aliphatic carbocycles. The van der Waals surface area contributed by atoms with E-state index in [1.165, 1.54) is 6.92 Å². The van der Waals surface area contributed by atoms with E-state index in [2.05, 4.69) is 10.6 Å². The predicted octanol–water partition coefficient (Wildman–Crippen LogP) is 0.892. The average molecular weight is 264 g/mol. The van der Waals surface area contributed by atoms with E-state index in [0.29, 0.717) is 11.3 Å². The van der Waals surface area contributed by atoms with Crippen molar-refractivity contribution >= 4 is 23.3 Å². The first-order chi connectivity index (χ1) is 8.99. The van der Waals surface area contributed by atoms with Gasteiger partial charge >= 0.3 is 5.97 Å². The van der Waals surface area contributed by atoms with Crippen molar-refractivity contribution in [2.45, 2.75) is 13.3 Å². The monoisotopic (exact) mass is 264 g/mol. The van der Waals surface area contributed by atoms with Gasteiger partial charge in [-0.1, -0.05) is 12.1 Å². The highest BCUT2D eigenvalue weighted by Crippen LogP contribution is 2.10. The SMILES string of the molecule is CC(=O)c1cccc(NC(=O)CNCCC(=O)O)c1. The molecule has 0 heterocycles. The largest absolute Gasteiger partial charge is 0.481 e. The van der Waals surface area contributed by atoms with Crippen molar-refractivity contribution in [3.05, 3.63) is 29.8 Å². The molecule has 0 saturated carbocycles. The van der Waals surface area contributed by atoms with Gasteiger partial charge in [0, 0.05) is 17.8 Å². The fourth-order valence-electron chi connectivity index (χ4n) is 1.42. The van der Waals surface area contributed by atoms with Gasteiger partial charge in [-0.15, -0.1) is 0 Å². The van der Waals surface area contributed by atoms with Gasteiger partial charge < -0.3 is 15.7 Å². The standard InChI is InChI=1S/C13H16N2O4/c1-9(16)10-3-2-4-11(7-10)15-12(17)8-14-6-5-13(18)19/h2-4,7,14H,5-6,8H2,1H3,(H,15,17)(H,18,19). The van der Waals surface area contributed by atoms with Crippen LogP contribution in [0.3, 0.4) is 0 Å². The Labute approximate surface area is 110 Å². The Balaban J connectivity index is 2.42. The van der Waals surface area contributed by atoms with Crippen molar-refractivity contribution < 1.29 is 19.5 Å². The van der Waals surface area contributed by atoms with Crippen molar-refractivity contribution in [2.24, 2.45) is 0 Å². The first-order valence-corrected chi connectivity index (χ1v) is 5.82. The second-order valence-corrected chi connectivity index (χ2v) is 4.01. The van der Waals surface area contributed by atoms with Gasteiger partial charge in [0.2, 0.25) is 5.91 Å². The highest BCUT2D eigenvalue weighted by molar-refractivity contribution is 5.97. The Morgan fingerprint density at radius 3 is 2.63 bits per heavy atom. The molecule has 1 aromatic carbocycles. The number of benzene rings is 1. The number of Topliss-reactive ketones (excluding diaryl/α,β-unsaturated/α-hetero) is 1. The van der Waals surface area contributed by atoms with Gasteiger partial charge in [-0.25, -0.2) is 0 Å². The Morgan fingerprint density at radius 1 is 1.26 bits per heavy atom. The second kappa shape index (κ2) is 7.27. The lowest BCUT2D eigenvalue weighted by atomic mass is 10.1. The molecule has 102 valence electrons. The summed E-state index contributed by atoms with van der Waals surface area (Å²) in [7, 11) is 0. The average Bonchev–Trinajstić information content (AvgIpc) is 2.34. The summed E-state index contributed by atoms with van der Waals surface area (Å²) in [6.07, 6.45) is -0.0346. The molecule has 0 bridgehead atoms. The predicted molar refractivity (Wildman–Crippen MR) is 70.2 cm³/mol. The topological polar surface area (TPSA) is 95.5 Å². The molecule has 0 radical (unpaired) electrons.